The lowest BCUT2D eigenvalue weighted by Crippen LogP contribution is -2.29. The standard InChI is InChI=1S/C28H29NO5/c1-6-33-20-13-11-19(12-14-20)29-24(22-8-7-15-34-22)23(26(31)27(29)32)25(30)21-16-18(28(3,4)5)10-9-17(21)2/h7-16,24,30H,6H2,1-5H3/b25-23+. The van der Waals surface area contributed by atoms with Crippen LogP contribution in [0.25, 0.3) is 5.76 Å². The van der Waals surface area contributed by atoms with Gasteiger partial charge in [0.1, 0.15) is 23.3 Å². The Morgan fingerprint density at radius 2 is 1.79 bits per heavy atom. The van der Waals surface area contributed by atoms with Crippen molar-refractivity contribution in [3.05, 3.63) is 88.9 Å². The van der Waals surface area contributed by atoms with Crippen molar-refractivity contribution in [2.75, 3.05) is 11.5 Å². The van der Waals surface area contributed by atoms with Crippen LogP contribution in [0.5, 0.6) is 5.75 Å². The number of carbonyl (C=O) groups excluding carboxylic acids is 2. The van der Waals surface area contributed by atoms with Crippen LogP contribution < -0.4 is 9.64 Å². The van der Waals surface area contributed by atoms with E-state index >= 15 is 0 Å². The number of aryl methyl sites for hydroxylation is 1. The van der Waals surface area contributed by atoms with Crippen LogP contribution in [0.4, 0.5) is 5.69 Å². The van der Waals surface area contributed by atoms with E-state index in [2.05, 4.69) is 20.8 Å². The molecule has 0 bridgehead atoms. The second-order valence-corrected chi connectivity index (χ2v) is 9.39. The van der Waals surface area contributed by atoms with Gasteiger partial charge in [0.05, 0.1) is 18.4 Å². The number of rotatable bonds is 5. The highest BCUT2D eigenvalue weighted by Crippen LogP contribution is 2.43. The van der Waals surface area contributed by atoms with Crippen LogP contribution in [-0.4, -0.2) is 23.4 Å². The minimum atomic E-state index is -0.898. The quantitative estimate of drug-likeness (QED) is 0.291. The topological polar surface area (TPSA) is 80.0 Å². The number of ketones is 1. The molecule has 0 aliphatic carbocycles. The van der Waals surface area contributed by atoms with Crippen molar-refractivity contribution >= 4 is 23.1 Å². The number of Topliss-reactive ketones (excluding diaryl/α,β-unsaturated/α-hetero) is 1. The molecule has 1 fully saturated rings. The molecule has 1 aliphatic rings. The van der Waals surface area contributed by atoms with Crippen LogP contribution in [-0.2, 0) is 15.0 Å². The Hall–Kier alpha value is -3.80. The van der Waals surface area contributed by atoms with Gasteiger partial charge in [0.15, 0.2) is 0 Å². The van der Waals surface area contributed by atoms with E-state index in [9.17, 15) is 14.7 Å². The van der Waals surface area contributed by atoms with Crippen LogP contribution in [0.1, 0.15) is 56.2 Å². The molecule has 0 radical (unpaired) electrons. The van der Waals surface area contributed by atoms with Crippen molar-refractivity contribution < 1.29 is 23.8 Å². The van der Waals surface area contributed by atoms with Crippen molar-refractivity contribution in [1.82, 2.24) is 0 Å². The molecule has 6 nitrogen and oxygen atoms in total. The van der Waals surface area contributed by atoms with Gasteiger partial charge in [0.2, 0.25) is 0 Å². The van der Waals surface area contributed by atoms with Gasteiger partial charge >= 0.3 is 0 Å². The fourth-order valence-corrected chi connectivity index (χ4v) is 4.17. The van der Waals surface area contributed by atoms with Gasteiger partial charge < -0.3 is 14.3 Å². The maximum atomic E-state index is 13.3. The lowest BCUT2D eigenvalue weighted by Gasteiger charge is -2.24. The summed E-state index contributed by atoms with van der Waals surface area (Å²) in [6.45, 7) is 10.5. The molecule has 34 heavy (non-hydrogen) atoms. The third-order valence-corrected chi connectivity index (χ3v) is 6.04. The molecular weight excluding hydrogens is 430 g/mol. The van der Waals surface area contributed by atoms with Crippen LogP contribution in [0, 0.1) is 6.92 Å². The first kappa shape index (κ1) is 23.4. The Bertz CT molecular complexity index is 1250. The molecule has 1 amide bonds. The summed E-state index contributed by atoms with van der Waals surface area (Å²) in [5, 5.41) is 11.4. The molecule has 1 N–H and O–H groups in total. The molecule has 1 atom stereocenters. The van der Waals surface area contributed by atoms with Gasteiger partial charge in [-0.15, -0.1) is 0 Å². The van der Waals surface area contributed by atoms with Crippen LogP contribution in [0.3, 0.4) is 0 Å². The van der Waals surface area contributed by atoms with Gasteiger partial charge in [-0.1, -0.05) is 32.9 Å². The molecule has 1 aromatic heterocycles. The summed E-state index contributed by atoms with van der Waals surface area (Å²) in [6.07, 6.45) is 1.49. The van der Waals surface area contributed by atoms with E-state index in [4.69, 9.17) is 9.15 Å². The smallest absolute Gasteiger partial charge is 0.300 e. The maximum Gasteiger partial charge on any atom is 0.300 e. The average molecular weight is 460 g/mol. The maximum absolute atomic E-state index is 13.3. The molecule has 6 heteroatoms. The second-order valence-electron chi connectivity index (χ2n) is 9.39. The first-order chi connectivity index (χ1) is 16.1. The van der Waals surface area contributed by atoms with Crippen molar-refractivity contribution in [2.45, 2.75) is 46.1 Å². The lowest BCUT2D eigenvalue weighted by atomic mass is 9.84. The van der Waals surface area contributed by atoms with E-state index in [1.807, 2.05) is 32.0 Å². The molecule has 1 aliphatic heterocycles. The molecule has 176 valence electrons. The summed E-state index contributed by atoms with van der Waals surface area (Å²) in [5.41, 5.74) is 2.69. The highest BCUT2D eigenvalue weighted by atomic mass is 16.5. The Balaban J connectivity index is 1.89. The lowest BCUT2D eigenvalue weighted by molar-refractivity contribution is -0.132. The predicted molar refractivity (Wildman–Crippen MR) is 131 cm³/mol. The van der Waals surface area contributed by atoms with Gasteiger partial charge in [-0.25, -0.2) is 0 Å². The molecule has 4 rings (SSSR count). The minimum absolute atomic E-state index is 0.00277. The minimum Gasteiger partial charge on any atom is -0.507 e. The van der Waals surface area contributed by atoms with Gasteiger partial charge in [0, 0.05) is 11.3 Å². The fraction of sp³-hybridized carbons (Fsp3) is 0.286. The molecule has 1 saturated heterocycles. The molecule has 0 saturated carbocycles. The number of benzene rings is 2. The highest BCUT2D eigenvalue weighted by molar-refractivity contribution is 6.51. The van der Waals surface area contributed by atoms with E-state index < -0.39 is 17.7 Å². The first-order valence-corrected chi connectivity index (χ1v) is 11.3. The zero-order chi connectivity index (χ0) is 24.6. The molecule has 2 aromatic carbocycles. The van der Waals surface area contributed by atoms with E-state index in [1.165, 1.54) is 11.2 Å². The third-order valence-electron chi connectivity index (χ3n) is 6.04. The highest BCUT2D eigenvalue weighted by Gasteiger charge is 2.48. The van der Waals surface area contributed by atoms with Gasteiger partial charge in [-0.2, -0.15) is 0 Å². The Kier molecular flexibility index (Phi) is 6.09. The summed E-state index contributed by atoms with van der Waals surface area (Å²) in [7, 11) is 0. The SMILES string of the molecule is CCOc1ccc(N2C(=O)C(=O)/C(=C(/O)c3cc(C(C)(C)C)ccc3C)C2c2ccco2)cc1. The Labute approximate surface area is 199 Å². The zero-order valence-electron chi connectivity index (χ0n) is 20.1. The number of anilines is 1. The van der Waals surface area contributed by atoms with Gasteiger partial charge in [-0.3, -0.25) is 14.5 Å². The fourth-order valence-electron chi connectivity index (χ4n) is 4.17. The van der Waals surface area contributed by atoms with Crippen molar-refractivity contribution in [3.63, 3.8) is 0 Å². The van der Waals surface area contributed by atoms with E-state index in [0.29, 0.717) is 29.4 Å². The Morgan fingerprint density at radius 3 is 2.38 bits per heavy atom. The number of aliphatic hydroxyl groups is 1. The number of nitrogens with zero attached hydrogens (tertiary/aromatic N) is 1. The number of amides is 1. The number of ether oxygens (including phenoxy) is 1. The summed E-state index contributed by atoms with van der Waals surface area (Å²) < 4.78 is 11.1. The third kappa shape index (κ3) is 4.12. The summed E-state index contributed by atoms with van der Waals surface area (Å²) in [5.74, 6) is -0.645. The van der Waals surface area contributed by atoms with Crippen LogP contribution >= 0.6 is 0 Å². The number of carbonyl (C=O) groups is 2. The number of furan rings is 1. The summed E-state index contributed by atoms with van der Waals surface area (Å²) in [6, 6.07) is 15.2. The van der Waals surface area contributed by atoms with E-state index in [0.717, 1.165) is 11.1 Å². The molecule has 2 heterocycles. The number of hydrogen-bond acceptors (Lipinski definition) is 5. The Morgan fingerprint density at radius 1 is 1.09 bits per heavy atom. The van der Waals surface area contributed by atoms with Crippen LogP contribution in [0.15, 0.2) is 70.9 Å². The number of hydrogen-bond donors (Lipinski definition) is 1. The van der Waals surface area contributed by atoms with Gasteiger partial charge in [-0.05, 0) is 72.9 Å². The van der Waals surface area contributed by atoms with E-state index in [1.54, 1.807) is 36.4 Å². The average Bonchev–Trinajstić information content (AvgIpc) is 3.41. The molecule has 1 unspecified atom stereocenters. The van der Waals surface area contributed by atoms with Gasteiger partial charge in [0.25, 0.3) is 11.7 Å². The largest absolute Gasteiger partial charge is 0.507 e. The van der Waals surface area contributed by atoms with Crippen molar-refractivity contribution in [2.24, 2.45) is 0 Å². The second kappa shape index (κ2) is 8.86. The predicted octanol–water partition coefficient (Wildman–Crippen LogP) is 5.91. The molecule has 0 spiro atoms. The summed E-state index contributed by atoms with van der Waals surface area (Å²) >= 11 is 0. The van der Waals surface area contributed by atoms with Crippen molar-refractivity contribution in [3.8, 4) is 5.75 Å². The van der Waals surface area contributed by atoms with E-state index in [-0.39, 0.29) is 16.7 Å². The molecular formula is C28H29NO5. The first-order valence-electron chi connectivity index (χ1n) is 11.3. The monoisotopic (exact) mass is 459 g/mol. The van der Waals surface area contributed by atoms with Crippen LogP contribution in [0.2, 0.25) is 0 Å². The normalized spacial score (nSPS) is 17.9. The summed E-state index contributed by atoms with van der Waals surface area (Å²) in [4.78, 5) is 27.9. The number of aliphatic hydroxyl groups excluding tert-OH is 1. The zero-order valence-corrected chi connectivity index (χ0v) is 20.1. The molecule has 3 aromatic rings. The van der Waals surface area contributed by atoms with Crippen molar-refractivity contribution in [1.29, 1.82) is 0 Å².